The Morgan fingerprint density at radius 2 is 2.21 bits per heavy atom. The van der Waals surface area contributed by atoms with Gasteiger partial charge in [0.15, 0.2) is 6.29 Å². The zero-order chi connectivity index (χ0) is 13.9. The van der Waals surface area contributed by atoms with E-state index in [4.69, 9.17) is 4.74 Å². The molecular formula is C14H24N2O2Si. The van der Waals surface area contributed by atoms with Crippen LogP contribution in [0.3, 0.4) is 0 Å². The molecule has 0 aliphatic heterocycles. The number of ether oxygens (including phenoxy) is 1. The van der Waals surface area contributed by atoms with Gasteiger partial charge in [-0.3, -0.25) is 4.79 Å². The lowest BCUT2D eigenvalue weighted by atomic mass is 10.2. The van der Waals surface area contributed by atoms with E-state index in [9.17, 15) is 4.79 Å². The van der Waals surface area contributed by atoms with Gasteiger partial charge in [0.05, 0.1) is 5.69 Å². The van der Waals surface area contributed by atoms with Gasteiger partial charge in [0, 0.05) is 14.7 Å². The normalized spacial score (nSPS) is 15.7. The second kappa shape index (κ2) is 6.01. The highest BCUT2D eigenvalue weighted by molar-refractivity contribution is 6.76. The third-order valence-electron chi connectivity index (χ3n) is 3.39. The number of aldehydes is 1. The monoisotopic (exact) mass is 280 g/mol. The van der Waals surface area contributed by atoms with Gasteiger partial charge >= 0.3 is 0 Å². The average Bonchev–Trinajstić information content (AvgIpc) is 3.03. The van der Waals surface area contributed by atoms with Crippen molar-refractivity contribution in [3.05, 3.63) is 17.5 Å². The Kier molecular flexibility index (Phi) is 4.57. The van der Waals surface area contributed by atoms with Gasteiger partial charge in [-0.1, -0.05) is 19.6 Å². The molecule has 4 nitrogen and oxygen atoms in total. The van der Waals surface area contributed by atoms with Crippen LogP contribution < -0.4 is 0 Å². The van der Waals surface area contributed by atoms with Gasteiger partial charge in [-0.25, -0.2) is 4.68 Å². The fourth-order valence-electron chi connectivity index (χ4n) is 1.93. The van der Waals surface area contributed by atoms with Crippen molar-refractivity contribution in [3.8, 4) is 0 Å². The molecule has 0 N–H and O–H groups in total. The van der Waals surface area contributed by atoms with Gasteiger partial charge in [0.25, 0.3) is 0 Å². The van der Waals surface area contributed by atoms with E-state index in [0.29, 0.717) is 12.4 Å². The summed E-state index contributed by atoms with van der Waals surface area (Å²) in [6.07, 6.45) is 4.47. The maximum Gasteiger partial charge on any atom is 0.168 e. The summed E-state index contributed by atoms with van der Waals surface area (Å²) in [5.41, 5.74) is 1.65. The summed E-state index contributed by atoms with van der Waals surface area (Å²) in [6.45, 7) is 8.13. The predicted molar refractivity (Wildman–Crippen MR) is 78.1 cm³/mol. The molecule has 0 bridgehead atoms. The Morgan fingerprint density at radius 1 is 1.47 bits per heavy atom. The van der Waals surface area contributed by atoms with Crippen LogP contribution in [0.4, 0.5) is 0 Å². The number of carbonyl (C=O) groups is 1. The zero-order valence-corrected chi connectivity index (χ0v) is 13.2. The summed E-state index contributed by atoms with van der Waals surface area (Å²) in [6, 6.07) is 3.03. The molecule has 2 rings (SSSR count). The van der Waals surface area contributed by atoms with Crippen LogP contribution in [-0.4, -0.2) is 30.7 Å². The van der Waals surface area contributed by atoms with Crippen LogP contribution in [0.15, 0.2) is 6.07 Å². The lowest BCUT2D eigenvalue weighted by Crippen LogP contribution is -2.22. The third-order valence-corrected chi connectivity index (χ3v) is 5.09. The summed E-state index contributed by atoms with van der Waals surface area (Å²) in [5, 5.41) is 4.47. The van der Waals surface area contributed by atoms with Gasteiger partial charge in [0.2, 0.25) is 0 Å². The molecular weight excluding hydrogens is 256 g/mol. The van der Waals surface area contributed by atoms with Crippen molar-refractivity contribution in [2.75, 3.05) is 6.61 Å². The van der Waals surface area contributed by atoms with Crippen LogP contribution in [-0.2, 0) is 17.9 Å². The molecule has 0 atom stereocenters. The number of aromatic nitrogens is 2. The molecule has 1 saturated carbocycles. The van der Waals surface area contributed by atoms with Crippen LogP contribution >= 0.6 is 0 Å². The number of carbonyl (C=O) groups excluding carboxylic acids is 1. The summed E-state index contributed by atoms with van der Waals surface area (Å²) < 4.78 is 7.34. The molecule has 0 spiro atoms. The Hall–Kier alpha value is -0.943. The Labute approximate surface area is 116 Å². The molecule has 19 heavy (non-hydrogen) atoms. The summed E-state index contributed by atoms with van der Waals surface area (Å²) in [4.78, 5) is 11.0. The van der Waals surface area contributed by atoms with E-state index in [0.717, 1.165) is 37.0 Å². The van der Waals surface area contributed by atoms with Crippen LogP contribution in [0.25, 0.3) is 0 Å². The fraction of sp³-hybridized carbons (Fsp3) is 0.714. The van der Waals surface area contributed by atoms with E-state index >= 15 is 0 Å². The number of hydrogen-bond acceptors (Lipinski definition) is 3. The van der Waals surface area contributed by atoms with Gasteiger partial charge in [0.1, 0.15) is 12.4 Å². The molecule has 1 aliphatic carbocycles. The molecule has 1 aromatic heterocycles. The molecule has 0 amide bonds. The number of hydrogen-bond donors (Lipinski definition) is 0. The number of rotatable bonds is 8. The van der Waals surface area contributed by atoms with Gasteiger partial charge in [-0.15, -0.1) is 0 Å². The molecule has 5 heteroatoms. The largest absolute Gasteiger partial charge is 0.360 e. The lowest BCUT2D eigenvalue weighted by Gasteiger charge is -2.15. The minimum absolute atomic E-state index is 0.392. The van der Waals surface area contributed by atoms with Gasteiger partial charge in [-0.2, -0.15) is 5.10 Å². The molecule has 1 heterocycles. The van der Waals surface area contributed by atoms with Crippen molar-refractivity contribution in [2.45, 2.75) is 51.7 Å². The maximum atomic E-state index is 11.0. The van der Waals surface area contributed by atoms with E-state index in [2.05, 4.69) is 24.7 Å². The topological polar surface area (TPSA) is 44.1 Å². The van der Waals surface area contributed by atoms with Gasteiger partial charge < -0.3 is 4.74 Å². The van der Waals surface area contributed by atoms with Crippen molar-refractivity contribution in [1.29, 1.82) is 0 Å². The summed E-state index contributed by atoms with van der Waals surface area (Å²) in [7, 11) is -1.05. The first kappa shape index (κ1) is 14.5. The molecule has 1 fully saturated rings. The Morgan fingerprint density at radius 3 is 2.79 bits per heavy atom. The van der Waals surface area contributed by atoms with Crippen molar-refractivity contribution in [2.24, 2.45) is 5.92 Å². The van der Waals surface area contributed by atoms with Crippen molar-refractivity contribution >= 4 is 14.4 Å². The molecule has 1 aliphatic rings. The summed E-state index contributed by atoms with van der Waals surface area (Å²) in [5.74, 6) is 0.788. The first-order chi connectivity index (χ1) is 8.98. The Balaban J connectivity index is 1.84. The minimum atomic E-state index is -1.05. The third kappa shape index (κ3) is 4.91. The molecule has 1 aromatic rings. The van der Waals surface area contributed by atoms with E-state index < -0.39 is 8.07 Å². The van der Waals surface area contributed by atoms with E-state index in [1.54, 1.807) is 4.68 Å². The minimum Gasteiger partial charge on any atom is -0.360 e. The van der Waals surface area contributed by atoms with Gasteiger partial charge in [-0.05, 0) is 37.3 Å². The highest BCUT2D eigenvalue weighted by Gasteiger charge is 2.23. The second-order valence-corrected chi connectivity index (χ2v) is 12.3. The second-order valence-electron chi connectivity index (χ2n) is 6.67. The molecule has 0 saturated heterocycles. The van der Waals surface area contributed by atoms with E-state index in [1.807, 2.05) is 6.07 Å². The highest BCUT2D eigenvalue weighted by atomic mass is 28.3. The fourth-order valence-corrected chi connectivity index (χ4v) is 2.69. The first-order valence-corrected chi connectivity index (χ1v) is 10.8. The van der Waals surface area contributed by atoms with Crippen LogP contribution in [0.5, 0.6) is 0 Å². The number of nitrogens with zero attached hydrogens (tertiary/aromatic N) is 2. The lowest BCUT2D eigenvalue weighted by molar-refractivity contribution is 0.0751. The van der Waals surface area contributed by atoms with Crippen LogP contribution in [0.1, 0.15) is 29.0 Å². The van der Waals surface area contributed by atoms with Crippen LogP contribution in [0.2, 0.25) is 25.7 Å². The predicted octanol–water partition coefficient (Wildman–Crippen LogP) is 2.96. The summed E-state index contributed by atoms with van der Waals surface area (Å²) >= 11 is 0. The molecule has 106 valence electrons. The SMILES string of the molecule is C[Si](C)(C)CCOCn1nc(CC2CC2)cc1C=O. The van der Waals surface area contributed by atoms with Crippen molar-refractivity contribution < 1.29 is 9.53 Å². The average molecular weight is 280 g/mol. The van der Waals surface area contributed by atoms with Crippen LogP contribution in [0, 0.1) is 5.92 Å². The molecule has 0 unspecified atom stereocenters. The first-order valence-electron chi connectivity index (χ1n) is 7.07. The van der Waals surface area contributed by atoms with E-state index in [1.165, 1.54) is 12.8 Å². The van der Waals surface area contributed by atoms with Crippen molar-refractivity contribution in [1.82, 2.24) is 9.78 Å². The zero-order valence-electron chi connectivity index (χ0n) is 12.2. The quantitative estimate of drug-likeness (QED) is 0.418. The highest BCUT2D eigenvalue weighted by Crippen LogP contribution is 2.32. The standard InChI is InChI=1S/C14H24N2O2Si/c1-19(2,3)7-6-18-11-16-14(10-17)9-13(15-16)8-12-4-5-12/h9-10,12H,4-8,11H2,1-3H3. The van der Waals surface area contributed by atoms with Crippen molar-refractivity contribution in [3.63, 3.8) is 0 Å². The Bertz CT molecular complexity index is 433. The smallest absolute Gasteiger partial charge is 0.168 e. The maximum absolute atomic E-state index is 11.0. The molecule has 0 aromatic carbocycles. The van der Waals surface area contributed by atoms with E-state index in [-0.39, 0.29) is 0 Å². The molecule has 0 radical (unpaired) electrons.